The summed E-state index contributed by atoms with van der Waals surface area (Å²) in [6.45, 7) is 2.59. The molecule has 0 unspecified atom stereocenters. The number of ether oxygens (including phenoxy) is 2. The van der Waals surface area contributed by atoms with Crippen LogP contribution in [-0.2, 0) is 57.7 Å². The highest BCUT2D eigenvalue weighted by molar-refractivity contribution is 5.97. The van der Waals surface area contributed by atoms with Gasteiger partial charge >= 0.3 is 12.1 Å². The van der Waals surface area contributed by atoms with Crippen LogP contribution in [0, 0.1) is 5.92 Å². The molecule has 0 bridgehead atoms. The lowest BCUT2D eigenvalue weighted by atomic mass is 10.0. The fourth-order valence-electron chi connectivity index (χ4n) is 6.24. The summed E-state index contributed by atoms with van der Waals surface area (Å²) < 4.78 is 10.2. The number of amides is 6. The fraction of sp³-hybridized carbons (Fsp3) is 0.357. The topological polar surface area (TPSA) is 280 Å². The molecule has 18 heteroatoms. The van der Waals surface area contributed by atoms with E-state index in [1.165, 1.54) is 24.3 Å². The molecule has 0 saturated carbocycles. The maximum absolute atomic E-state index is 13.9. The van der Waals surface area contributed by atoms with Gasteiger partial charge in [-0.25, -0.2) is 9.59 Å². The van der Waals surface area contributed by atoms with Crippen LogP contribution < -0.4 is 32.3 Å². The second-order valence-corrected chi connectivity index (χ2v) is 14.4. The van der Waals surface area contributed by atoms with Gasteiger partial charge in [-0.2, -0.15) is 0 Å². The lowest BCUT2D eigenvalue weighted by molar-refractivity contribution is -0.146. The van der Waals surface area contributed by atoms with Gasteiger partial charge in [0.25, 0.3) is 0 Å². The number of primary amides is 1. The number of aliphatic hydroxyl groups excluding tert-OH is 1. The van der Waals surface area contributed by atoms with Crippen LogP contribution in [0.4, 0.5) is 4.79 Å². The van der Waals surface area contributed by atoms with E-state index in [-0.39, 0.29) is 37.5 Å². The van der Waals surface area contributed by atoms with Crippen molar-refractivity contribution in [2.45, 2.75) is 76.3 Å². The number of carbonyl (C=O) groups is 7. The van der Waals surface area contributed by atoms with E-state index in [0.717, 1.165) is 18.0 Å². The quantitative estimate of drug-likeness (QED) is 0.0534. The molecule has 18 nitrogen and oxygen atoms in total. The third-order valence-corrected chi connectivity index (χ3v) is 9.29. The van der Waals surface area contributed by atoms with Gasteiger partial charge in [-0.3, -0.25) is 24.0 Å². The Labute approximate surface area is 346 Å². The monoisotopic (exact) mass is 829 g/mol. The molecule has 0 aliphatic rings. The number of rotatable bonds is 21. The number of carbonyl (C=O) groups excluding carboxylic acids is 7. The molecule has 0 aliphatic carbocycles. The highest BCUT2D eigenvalue weighted by atomic mass is 16.5. The van der Waals surface area contributed by atoms with Gasteiger partial charge in [-0.05, 0) is 47.2 Å². The van der Waals surface area contributed by atoms with Crippen LogP contribution in [0.25, 0.3) is 10.9 Å². The molecule has 320 valence electrons. The number of aromatic nitrogens is 1. The van der Waals surface area contributed by atoms with Gasteiger partial charge in [-0.1, -0.05) is 74.5 Å². The molecule has 6 amide bonds. The Morgan fingerprint density at radius 1 is 0.683 bits per heavy atom. The van der Waals surface area contributed by atoms with Crippen LogP contribution in [0.3, 0.4) is 0 Å². The number of nitrogens with two attached hydrogens (primary N) is 1. The molecule has 4 aromatic rings. The molecule has 1 heterocycles. The smallest absolute Gasteiger partial charge is 0.408 e. The molecular weight excluding hydrogens is 778 g/mol. The number of phenols is 1. The summed E-state index contributed by atoms with van der Waals surface area (Å²) in [5, 5.41) is 33.3. The van der Waals surface area contributed by atoms with Crippen LogP contribution in [0.2, 0.25) is 0 Å². The van der Waals surface area contributed by atoms with E-state index in [1.807, 2.05) is 38.1 Å². The first kappa shape index (κ1) is 45.7. The number of H-pyrrole nitrogens is 1. The zero-order chi connectivity index (χ0) is 43.8. The number of benzene rings is 3. The summed E-state index contributed by atoms with van der Waals surface area (Å²) >= 11 is 0. The molecule has 0 spiro atoms. The molecule has 3 aromatic carbocycles. The summed E-state index contributed by atoms with van der Waals surface area (Å²) in [6, 6.07) is 14.6. The maximum Gasteiger partial charge on any atom is 0.408 e. The van der Waals surface area contributed by atoms with Crippen molar-refractivity contribution in [2.75, 3.05) is 13.7 Å². The number of esters is 1. The molecule has 0 saturated heterocycles. The van der Waals surface area contributed by atoms with Crippen LogP contribution in [0.1, 0.15) is 43.4 Å². The van der Waals surface area contributed by atoms with E-state index in [4.69, 9.17) is 15.2 Å². The van der Waals surface area contributed by atoms with E-state index in [0.29, 0.717) is 16.7 Å². The number of hydrogen-bond donors (Lipinski definition) is 9. The third-order valence-electron chi connectivity index (χ3n) is 9.29. The average Bonchev–Trinajstić information content (AvgIpc) is 3.63. The second kappa shape index (κ2) is 22.3. The van der Waals surface area contributed by atoms with Gasteiger partial charge in [0.15, 0.2) is 0 Å². The third kappa shape index (κ3) is 13.9. The van der Waals surface area contributed by atoms with Crippen molar-refractivity contribution in [1.29, 1.82) is 0 Å². The molecule has 4 rings (SSSR count). The van der Waals surface area contributed by atoms with Gasteiger partial charge in [0.1, 0.15) is 42.6 Å². The van der Waals surface area contributed by atoms with Crippen LogP contribution >= 0.6 is 0 Å². The maximum atomic E-state index is 13.9. The van der Waals surface area contributed by atoms with Gasteiger partial charge < -0.3 is 57.0 Å². The minimum atomic E-state index is -1.67. The van der Waals surface area contributed by atoms with Crippen LogP contribution in [-0.4, -0.2) is 101 Å². The molecule has 0 radical (unpaired) electrons. The van der Waals surface area contributed by atoms with Gasteiger partial charge in [0.05, 0.1) is 20.1 Å². The number of para-hydroxylation sites is 1. The van der Waals surface area contributed by atoms with Crippen molar-refractivity contribution < 1.29 is 53.2 Å². The first-order chi connectivity index (χ1) is 28.7. The van der Waals surface area contributed by atoms with Gasteiger partial charge in [0.2, 0.25) is 29.5 Å². The number of alkyl carbamates (subject to hydrolysis) is 1. The molecular formula is C42H51N7O11. The fourth-order valence-corrected chi connectivity index (χ4v) is 6.24. The van der Waals surface area contributed by atoms with Crippen LogP contribution in [0.5, 0.6) is 5.75 Å². The Hall–Kier alpha value is -6.95. The standard InChI is InChI=1S/C42H51N7O11/c1-24(2)17-34(41(57)59-3)47-39(55)33(20-36(43)52)46-37(53)31(18-25-13-15-28(51)16-14-25)45-40(56)35(22-50)48-38(54)32(19-27-21-44-30-12-8-7-11-29(27)30)49-42(58)60-23-26-9-5-4-6-10-26/h4-16,21,24,31-35,44,50-51H,17-20,22-23H2,1-3H3,(H2,43,52)(H,45,56)(H,46,53)(H,47,55)(H,48,54)(H,49,58)/t31-,32-,33+,34-,35-/m0/s1. The molecule has 10 N–H and O–H groups in total. The molecule has 1 aromatic heterocycles. The summed E-state index contributed by atoms with van der Waals surface area (Å²) in [5.74, 6) is -5.65. The Morgan fingerprint density at radius 2 is 1.25 bits per heavy atom. The Balaban J connectivity index is 1.55. The average molecular weight is 830 g/mol. The lowest BCUT2D eigenvalue weighted by Gasteiger charge is -2.26. The first-order valence-corrected chi connectivity index (χ1v) is 19.2. The van der Waals surface area contributed by atoms with Gasteiger partial charge in [-0.15, -0.1) is 0 Å². The molecule has 5 atom stereocenters. The first-order valence-electron chi connectivity index (χ1n) is 19.2. The predicted molar refractivity (Wildman–Crippen MR) is 217 cm³/mol. The molecule has 0 fully saturated rings. The van der Waals surface area contributed by atoms with Crippen molar-refractivity contribution in [1.82, 2.24) is 31.6 Å². The normalized spacial score (nSPS) is 13.5. The SMILES string of the molecule is COC(=O)[C@H](CC(C)C)NC(=O)[C@@H](CC(N)=O)NC(=O)[C@H](Cc1ccc(O)cc1)NC(=O)[C@H](CO)NC(=O)[C@H](Cc1c[nH]c2ccccc12)NC(=O)OCc1ccccc1. The van der Waals surface area contributed by atoms with Crippen molar-refractivity contribution in [3.05, 3.63) is 102 Å². The van der Waals surface area contributed by atoms with Crippen molar-refractivity contribution >= 4 is 52.5 Å². The zero-order valence-electron chi connectivity index (χ0n) is 33.4. The highest BCUT2D eigenvalue weighted by Crippen LogP contribution is 2.20. The van der Waals surface area contributed by atoms with E-state index in [1.54, 1.807) is 36.5 Å². The number of hydrogen-bond acceptors (Lipinski definition) is 11. The number of aliphatic hydroxyl groups is 1. The molecule has 60 heavy (non-hydrogen) atoms. The van der Waals surface area contributed by atoms with Crippen molar-refractivity contribution in [3.8, 4) is 5.75 Å². The predicted octanol–water partition coefficient (Wildman–Crippen LogP) is 0.980. The number of phenolic OH excluding ortho intramolecular Hbond substituents is 1. The zero-order valence-corrected chi connectivity index (χ0v) is 33.4. The number of aromatic amines is 1. The minimum absolute atomic E-state index is 0.0563. The number of nitrogens with one attached hydrogen (secondary N) is 6. The number of aromatic hydroxyl groups is 1. The lowest BCUT2D eigenvalue weighted by Crippen LogP contribution is -2.60. The Morgan fingerprint density at radius 3 is 1.88 bits per heavy atom. The van der Waals surface area contributed by atoms with E-state index >= 15 is 0 Å². The second-order valence-electron chi connectivity index (χ2n) is 14.4. The number of methoxy groups -OCH3 is 1. The van der Waals surface area contributed by atoms with Crippen molar-refractivity contribution in [3.63, 3.8) is 0 Å². The van der Waals surface area contributed by atoms with E-state index in [9.17, 15) is 43.8 Å². The van der Waals surface area contributed by atoms with E-state index in [2.05, 4.69) is 31.6 Å². The van der Waals surface area contributed by atoms with E-state index < -0.39 is 84.8 Å². The summed E-state index contributed by atoms with van der Waals surface area (Å²) in [4.78, 5) is 95.5. The minimum Gasteiger partial charge on any atom is -0.508 e. The summed E-state index contributed by atoms with van der Waals surface area (Å²) in [7, 11) is 1.14. The summed E-state index contributed by atoms with van der Waals surface area (Å²) in [5.41, 5.74) is 7.98. The molecule has 0 aliphatic heterocycles. The highest BCUT2D eigenvalue weighted by Gasteiger charge is 2.34. The Bertz CT molecular complexity index is 2110. The van der Waals surface area contributed by atoms with Crippen LogP contribution in [0.15, 0.2) is 85.1 Å². The number of fused-ring (bicyclic) bond motifs is 1. The van der Waals surface area contributed by atoms with Crippen molar-refractivity contribution in [2.24, 2.45) is 11.7 Å². The Kier molecular flexibility index (Phi) is 17.0. The van der Waals surface area contributed by atoms with Gasteiger partial charge in [0, 0.05) is 29.9 Å². The summed E-state index contributed by atoms with van der Waals surface area (Å²) in [6.07, 6.45) is -0.0379. The largest absolute Gasteiger partial charge is 0.508 e.